The molecule has 370 valence electrons. The second-order valence-electron chi connectivity index (χ2n) is 17.9. The maximum Gasteiger partial charge on any atom is 0.294 e. The Bertz CT molecular complexity index is 3440. The number of ether oxygens (including phenoxy) is 6. The van der Waals surface area contributed by atoms with Crippen LogP contribution in [0.25, 0.3) is 54.8 Å². The number of halogens is 2. The quantitative estimate of drug-likeness (QED) is 0.0796. The summed E-state index contributed by atoms with van der Waals surface area (Å²) < 4.78 is 65.8. The Labute approximate surface area is 424 Å². The van der Waals surface area contributed by atoms with Gasteiger partial charge in [-0.05, 0) is 121 Å². The third-order valence-electron chi connectivity index (χ3n) is 13.2. The van der Waals surface area contributed by atoms with Crippen LogP contribution < -0.4 is 38.2 Å². The van der Waals surface area contributed by atoms with Gasteiger partial charge in [0.1, 0.15) is 64.6 Å². The fraction of sp³-hybridized carbons (Fsp3) is 0.308. The number of piperidine rings is 2. The van der Waals surface area contributed by atoms with Crippen LogP contribution in [0.2, 0.25) is 5.02 Å². The lowest BCUT2D eigenvalue weighted by molar-refractivity contribution is 0.211. The smallest absolute Gasteiger partial charge is 0.294 e. The predicted molar refractivity (Wildman–Crippen MR) is 275 cm³/mol. The summed E-state index contributed by atoms with van der Waals surface area (Å²) in [7, 11) is 3.21. The van der Waals surface area contributed by atoms with Crippen molar-refractivity contribution in [1.29, 1.82) is 0 Å². The highest BCUT2D eigenvalue weighted by Crippen LogP contribution is 2.40. The minimum absolute atomic E-state index is 0.225. The zero-order valence-corrected chi connectivity index (χ0v) is 41.7. The van der Waals surface area contributed by atoms with Gasteiger partial charge in [0.2, 0.25) is 9.92 Å². The van der Waals surface area contributed by atoms with E-state index in [0.29, 0.717) is 102 Å². The average Bonchev–Trinajstić information content (AvgIpc) is 4.27. The largest absolute Gasteiger partial charge is 0.496 e. The molecule has 0 atom stereocenters. The van der Waals surface area contributed by atoms with Crippen LogP contribution in [0.4, 0.5) is 15.8 Å². The second-order valence-corrected chi connectivity index (χ2v) is 20.1. The first-order valence-electron chi connectivity index (χ1n) is 23.8. The van der Waals surface area contributed by atoms with E-state index in [2.05, 4.69) is 32.1 Å². The van der Waals surface area contributed by atoms with Crippen molar-refractivity contribution in [2.24, 2.45) is 11.8 Å². The summed E-state index contributed by atoms with van der Waals surface area (Å²) in [6.07, 6.45) is 7.56. The fourth-order valence-electron chi connectivity index (χ4n) is 9.32. The van der Waals surface area contributed by atoms with Gasteiger partial charge in [0, 0.05) is 66.8 Å². The summed E-state index contributed by atoms with van der Waals surface area (Å²) in [4.78, 5) is 15.6. The number of anilines is 2. The van der Waals surface area contributed by atoms with Crippen molar-refractivity contribution in [1.82, 2.24) is 29.2 Å². The molecule has 10 aromatic rings. The molecule has 16 nitrogen and oxygen atoms in total. The average molecular weight is 1030 g/mol. The highest BCUT2D eigenvalue weighted by molar-refractivity contribution is 7.18. The van der Waals surface area contributed by atoms with Gasteiger partial charge in [-0.2, -0.15) is 0 Å². The SMILES string of the molecule is COc1cc(OCC2CCN(c3ccc(F)cc3)CC2)c2cc(-c3cn4nc(OCCOc5cc(OCC6CCN(c7ccc(Cl)cc7)CC6)c6cc(-c7cn8nc(OC)sc8n7)oc6c5)sc4n3)oc2c1. The van der Waals surface area contributed by atoms with Gasteiger partial charge in [-0.15, -0.1) is 10.2 Å². The summed E-state index contributed by atoms with van der Waals surface area (Å²) in [6, 6.07) is 26.1. The third kappa shape index (κ3) is 9.63. The first kappa shape index (κ1) is 45.9. The molecule has 72 heavy (non-hydrogen) atoms. The number of nitrogens with zero attached hydrogens (tertiary/aromatic N) is 8. The molecule has 12 rings (SSSR count). The highest BCUT2D eigenvalue weighted by Gasteiger charge is 2.25. The van der Waals surface area contributed by atoms with E-state index in [1.54, 1.807) is 23.3 Å². The number of rotatable bonds is 17. The third-order valence-corrected chi connectivity index (χ3v) is 15.2. The zero-order chi connectivity index (χ0) is 48.7. The number of methoxy groups -OCH3 is 2. The van der Waals surface area contributed by atoms with Crippen molar-refractivity contribution in [3.63, 3.8) is 0 Å². The number of aromatic nitrogens is 6. The number of fused-ring (bicyclic) bond motifs is 4. The van der Waals surface area contributed by atoms with E-state index in [1.165, 1.54) is 40.5 Å². The van der Waals surface area contributed by atoms with E-state index in [4.69, 9.17) is 58.8 Å². The van der Waals surface area contributed by atoms with E-state index in [9.17, 15) is 4.39 Å². The first-order chi connectivity index (χ1) is 35.3. The molecule has 0 N–H and O–H groups in total. The molecule has 2 saturated heterocycles. The van der Waals surface area contributed by atoms with Crippen molar-refractivity contribution < 1.29 is 41.6 Å². The van der Waals surface area contributed by atoms with E-state index >= 15 is 0 Å². The molecule has 0 saturated carbocycles. The molecule has 2 aliphatic heterocycles. The molecule has 0 radical (unpaired) electrons. The molecule has 4 aromatic carbocycles. The summed E-state index contributed by atoms with van der Waals surface area (Å²) in [5, 5.41) is 12.4. The Morgan fingerprint density at radius 2 is 1.10 bits per heavy atom. The van der Waals surface area contributed by atoms with Gasteiger partial charge < -0.3 is 47.1 Å². The van der Waals surface area contributed by atoms with E-state index in [-0.39, 0.29) is 19.0 Å². The number of imidazole rings is 2. The van der Waals surface area contributed by atoms with Crippen LogP contribution in [-0.2, 0) is 0 Å². The molecule has 0 bridgehead atoms. The summed E-state index contributed by atoms with van der Waals surface area (Å²) in [6.45, 7) is 5.22. The highest BCUT2D eigenvalue weighted by atomic mass is 35.5. The monoisotopic (exact) mass is 1030 g/mol. The predicted octanol–water partition coefficient (Wildman–Crippen LogP) is 11.6. The lowest BCUT2D eigenvalue weighted by Gasteiger charge is -2.33. The summed E-state index contributed by atoms with van der Waals surface area (Å²) >= 11 is 8.81. The van der Waals surface area contributed by atoms with E-state index in [0.717, 1.165) is 73.3 Å². The van der Waals surface area contributed by atoms with Crippen LogP contribution in [0.3, 0.4) is 0 Å². The van der Waals surface area contributed by atoms with Gasteiger partial charge in [-0.25, -0.2) is 23.4 Å². The van der Waals surface area contributed by atoms with Gasteiger partial charge in [-0.3, -0.25) is 0 Å². The number of hydrogen-bond acceptors (Lipinski definition) is 16. The number of benzene rings is 4. The van der Waals surface area contributed by atoms with Gasteiger partial charge in [-0.1, -0.05) is 11.6 Å². The Kier molecular flexibility index (Phi) is 12.6. The minimum atomic E-state index is -0.225. The molecule has 2 aliphatic rings. The van der Waals surface area contributed by atoms with Gasteiger partial charge in [0.25, 0.3) is 10.4 Å². The van der Waals surface area contributed by atoms with Crippen molar-refractivity contribution >= 4 is 77.5 Å². The number of hydrogen-bond donors (Lipinski definition) is 0. The molecule has 20 heteroatoms. The molecule has 0 spiro atoms. The standard InChI is InChI=1S/C52H48ClFN8O8S2/c1-63-37-21-43(67-29-31-13-17-60(18-14-31)36-9-5-34(54)6-10-36)39-25-47(69-45(39)22-37)42-28-62-50(56-42)72-52(58-62)66-20-19-65-38-23-44(68-30-32-11-15-59(16-12-32)35-7-3-33(53)4-8-35)40-26-48(70-46(40)24-38)41-27-61-49(55-41)71-51(57-61)64-2/h3-10,21-28,31-32H,11-20,29-30H2,1-2H3. The lowest BCUT2D eigenvalue weighted by Crippen LogP contribution is -2.35. The van der Waals surface area contributed by atoms with Crippen LogP contribution in [0.15, 0.2) is 106 Å². The molecular formula is C52H48ClFN8O8S2. The number of furan rings is 2. The normalized spacial score (nSPS) is 14.8. The molecule has 0 amide bonds. The Morgan fingerprint density at radius 1 is 0.597 bits per heavy atom. The van der Waals surface area contributed by atoms with Crippen molar-refractivity contribution in [2.75, 3.05) is 76.6 Å². The van der Waals surface area contributed by atoms with Crippen LogP contribution in [-0.4, -0.2) is 96.0 Å². The molecule has 2 fully saturated rings. The van der Waals surface area contributed by atoms with Crippen LogP contribution in [0.1, 0.15) is 25.7 Å². The maximum absolute atomic E-state index is 13.5. The van der Waals surface area contributed by atoms with Gasteiger partial charge in [0.05, 0.1) is 50.6 Å². The molecule has 0 aliphatic carbocycles. The van der Waals surface area contributed by atoms with Gasteiger partial charge >= 0.3 is 0 Å². The molecule has 6 aromatic heterocycles. The Balaban J connectivity index is 0.690. The molecule has 8 heterocycles. The van der Waals surface area contributed by atoms with E-state index in [1.807, 2.05) is 73.1 Å². The van der Waals surface area contributed by atoms with E-state index < -0.39 is 0 Å². The van der Waals surface area contributed by atoms with Crippen molar-refractivity contribution in [2.45, 2.75) is 25.7 Å². The summed E-state index contributed by atoms with van der Waals surface area (Å²) in [5.41, 5.74) is 4.73. The molecule has 0 unspecified atom stereocenters. The first-order valence-corrected chi connectivity index (χ1v) is 25.8. The van der Waals surface area contributed by atoms with Gasteiger partial charge in [0.15, 0.2) is 11.5 Å². The molecular weight excluding hydrogens is 983 g/mol. The summed E-state index contributed by atoms with van der Waals surface area (Å²) in [5.74, 6) is 4.26. The van der Waals surface area contributed by atoms with Crippen LogP contribution >= 0.6 is 34.3 Å². The van der Waals surface area contributed by atoms with Crippen molar-refractivity contribution in [3.05, 3.63) is 108 Å². The topological polar surface area (TPSA) is 149 Å². The zero-order valence-electron chi connectivity index (χ0n) is 39.3. The Hall–Kier alpha value is -7.22. The Morgan fingerprint density at radius 3 is 1.64 bits per heavy atom. The van der Waals surface area contributed by atoms with Crippen LogP contribution in [0, 0.1) is 17.7 Å². The fourth-order valence-corrected chi connectivity index (χ4v) is 10.9. The minimum Gasteiger partial charge on any atom is -0.496 e. The lowest BCUT2D eigenvalue weighted by atomic mass is 9.97. The van der Waals surface area contributed by atoms with Crippen LogP contribution in [0.5, 0.6) is 33.4 Å². The second kappa shape index (κ2) is 19.8. The van der Waals surface area contributed by atoms with Crippen molar-refractivity contribution in [3.8, 4) is 56.3 Å². The maximum atomic E-state index is 13.5.